The first-order chi connectivity index (χ1) is 7.74. The fraction of sp³-hybridized carbons (Fsp3) is 0.182. The Morgan fingerprint density at radius 3 is 2.81 bits per heavy atom. The van der Waals surface area contributed by atoms with Crippen LogP contribution in [0.5, 0.6) is 0 Å². The van der Waals surface area contributed by atoms with Crippen molar-refractivity contribution in [3.63, 3.8) is 0 Å². The quantitative estimate of drug-likeness (QED) is 0.826. The van der Waals surface area contributed by atoms with E-state index in [0.29, 0.717) is 4.90 Å². The summed E-state index contributed by atoms with van der Waals surface area (Å²) in [5, 5.41) is 17.5. The SMILES string of the molecule is CCSc1c(C(=O)O)nnc2ccccc12. The van der Waals surface area contributed by atoms with E-state index < -0.39 is 5.97 Å². The Morgan fingerprint density at radius 1 is 1.38 bits per heavy atom. The third-order valence-electron chi connectivity index (χ3n) is 2.11. The molecule has 0 saturated heterocycles. The number of carboxylic acids is 1. The summed E-state index contributed by atoms with van der Waals surface area (Å²) in [6.07, 6.45) is 0. The third-order valence-corrected chi connectivity index (χ3v) is 3.10. The Kier molecular flexibility index (Phi) is 3.05. The predicted molar refractivity (Wildman–Crippen MR) is 62.9 cm³/mol. The van der Waals surface area contributed by atoms with Crippen molar-refractivity contribution < 1.29 is 9.90 Å². The van der Waals surface area contributed by atoms with Crippen LogP contribution in [0.4, 0.5) is 0 Å². The van der Waals surface area contributed by atoms with Crippen molar-refractivity contribution in [2.75, 3.05) is 5.75 Å². The topological polar surface area (TPSA) is 63.1 Å². The lowest BCUT2D eigenvalue weighted by molar-refractivity contribution is 0.0685. The standard InChI is InChI=1S/C11H10N2O2S/c1-2-16-10-7-5-3-4-6-8(7)12-13-9(10)11(14)15/h3-6H,2H2,1H3,(H,14,15). The molecule has 0 spiro atoms. The second kappa shape index (κ2) is 4.49. The van der Waals surface area contributed by atoms with Gasteiger partial charge in [0.15, 0.2) is 5.69 Å². The average molecular weight is 234 g/mol. The molecule has 2 rings (SSSR count). The first-order valence-electron chi connectivity index (χ1n) is 4.85. The van der Waals surface area contributed by atoms with Gasteiger partial charge in [-0.05, 0) is 11.8 Å². The highest BCUT2D eigenvalue weighted by Gasteiger charge is 2.15. The molecule has 0 bridgehead atoms. The smallest absolute Gasteiger partial charge is 0.357 e. The Morgan fingerprint density at radius 2 is 2.12 bits per heavy atom. The molecule has 4 nitrogen and oxygen atoms in total. The molecule has 1 N–H and O–H groups in total. The maximum absolute atomic E-state index is 11.0. The van der Waals surface area contributed by atoms with Crippen molar-refractivity contribution in [2.24, 2.45) is 0 Å². The first kappa shape index (κ1) is 10.9. The van der Waals surface area contributed by atoms with Gasteiger partial charge in [-0.3, -0.25) is 0 Å². The number of aromatic carboxylic acids is 1. The molecule has 0 amide bonds. The molecule has 0 fully saturated rings. The highest BCUT2D eigenvalue weighted by Crippen LogP contribution is 2.28. The molecular weight excluding hydrogens is 224 g/mol. The molecular formula is C11H10N2O2S. The number of thioether (sulfide) groups is 1. The summed E-state index contributed by atoms with van der Waals surface area (Å²) in [4.78, 5) is 11.7. The maximum atomic E-state index is 11.0. The van der Waals surface area contributed by atoms with E-state index in [0.717, 1.165) is 16.7 Å². The Balaban J connectivity index is 2.73. The van der Waals surface area contributed by atoms with Crippen LogP contribution >= 0.6 is 11.8 Å². The van der Waals surface area contributed by atoms with Gasteiger partial charge in [-0.1, -0.05) is 25.1 Å². The van der Waals surface area contributed by atoms with Gasteiger partial charge in [0.25, 0.3) is 0 Å². The summed E-state index contributed by atoms with van der Waals surface area (Å²) in [5.41, 5.74) is 0.758. The van der Waals surface area contributed by atoms with Gasteiger partial charge in [-0.25, -0.2) is 4.79 Å². The van der Waals surface area contributed by atoms with Crippen molar-refractivity contribution >= 4 is 28.6 Å². The lowest BCUT2D eigenvalue weighted by Crippen LogP contribution is -2.05. The van der Waals surface area contributed by atoms with Gasteiger partial charge in [-0.2, -0.15) is 0 Å². The number of fused-ring (bicyclic) bond motifs is 1. The minimum absolute atomic E-state index is 0.0329. The molecule has 16 heavy (non-hydrogen) atoms. The van der Waals surface area contributed by atoms with Gasteiger partial charge in [0.05, 0.1) is 10.4 Å². The molecule has 5 heteroatoms. The summed E-state index contributed by atoms with van der Waals surface area (Å²) in [7, 11) is 0. The number of carbonyl (C=O) groups is 1. The van der Waals surface area contributed by atoms with Crippen LogP contribution in [0.25, 0.3) is 10.9 Å². The lowest BCUT2D eigenvalue weighted by Gasteiger charge is -2.06. The number of nitrogens with zero attached hydrogens (tertiary/aromatic N) is 2. The van der Waals surface area contributed by atoms with Gasteiger partial charge in [-0.15, -0.1) is 22.0 Å². The van der Waals surface area contributed by atoms with Crippen LogP contribution in [0, 0.1) is 0 Å². The van der Waals surface area contributed by atoms with Gasteiger partial charge < -0.3 is 5.11 Å². The number of hydrogen-bond donors (Lipinski definition) is 1. The van der Waals surface area contributed by atoms with Crippen LogP contribution in [-0.4, -0.2) is 27.0 Å². The van der Waals surface area contributed by atoms with E-state index >= 15 is 0 Å². The molecule has 0 saturated carbocycles. The van der Waals surface area contributed by atoms with E-state index in [1.165, 1.54) is 11.8 Å². The second-order valence-electron chi connectivity index (χ2n) is 3.13. The largest absolute Gasteiger partial charge is 0.476 e. The van der Waals surface area contributed by atoms with Crippen LogP contribution in [0.2, 0.25) is 0 Å². The number of aromatic nitrogens is 2. The molecule has 0 aliphatic heterocycles. The number of carboxylic acid groups (broad SMARTS) is 1. The normalized spacial score (nSPS) is 10.6. The highest BCUT2D eigenvalue weighted by molar-refractivity contribution is 7.99. The van der Waals surface area contributed by atoms with Crippen molar-refractivity contribution in [2.45, 2.75) is 11.8 Å². The Bertz CT molecular complexity index is 542. The summed E-state index contributed by atoms with van der Waals surface area (Å²) < 4.78 is 0. The molecule has 2 aromatic rings. The maximum Gasteiger partial charge on any atom is 0.357 e. The predicted octanol–water partition coefficient (Wildman–Crippen LogP) is 2.44. The zero-order chi connectivity index (χ0) is 11.5. The first-order valence-corrected chi connectivity index (χ1v) is 5.84. The minimum atomic E-state index is -1.03. The van der Waals surface area contributed by atoms with E-state index in [-0.39, 0.29) is 5.69 Å². The van der Waals surface area contributed by atoms with Crippen LogP contribution < -0.4 is 0 Å². The van der Waals surface area contributed by atoms with Crippen LogP contribution in [0.3, 0.4) is 0 Å². The lowest BCUT2D eigenvalue weighted by atomic mass is 10.2. The molecule has 0 aliphatic rings. The Labute approximate surface area is 96.7 Å². The van der Waals surface area contributed by atoms with Gasteiger partial charge >= 0.3 is 5.97 Å². The van der Waals surface area contributed by atoms with Crippen molar-refractivity contribution in [1.29, 1.82) is 0 Å². The summed E-state index contributed by atoms with van der Waals surface area (Å²) in [6, 6.07) is 7.43. The van der Waals surface area contributed by atoms with Crippen LogP contribution in [0.1, 0.15) is 17.4 Å². The Hall–Kier alpha value is -1.62. The number of hydrogen-bond acceptors (Lipinski definition) is 4. The van der Waals surface area contributed by atoms with Crippen LogP contribution in [-0.2, 0) is 0 Å². The number of rotatable bonds is 3. The molecule has 0 atom stereocenters. The van der Waals surface area contributed by atoms with Gasteiger partial charge in [0, 0.05) is 5.39 Å². The zero-order valence-corrected chi connectivity index (χ0v) is 9.49. The molecule has 0 unspecified atom stereocenters. The minimum Gasteiger partial charge on any atom is -0.476 e. The van der Waals surface area contributed by atoms with E-state index in [2.05, 4.69) is 10.2 Å². The van der Waals surface area contributed by atoms with E-state index in [1.807, 2.05) is 31.2 Å². The van der Waals surface area contributed by atoms with Gasteiger partial charge in [0.1, 0.15) is 0 Å². The van der Waals surface area contributed by atoms with Gasteiger partial charge in [0.2, 0.25) is 0 Å². The highest BCUT2D eigenvalue weighted by atomic mass is 32.2. The van der Waals surface area contributed by atoms with E-state index in [4.69, 9.17) is 5.11 Å². The molecule has 0 radical (unpaired) electrons. The summed E-state index contributed by atoms with van der Waals surface area (Å²) in [5.74, 6) is -0.232. The average Bonchev–Trinajstić information content (AvgIpc) is 2.29. The monoisotopic (exact) mass is 234 g/mol. The van der Waals surface area contributed by atoms with Crippen LogP contribution in [0.15, 0.2) is 29.2 Å². The zero-order valence-electron chi connectivity index (χ0n) is 8.67. The van der Waals surface area contributed by atoms with Crippen molar-refractivity contribution in [1.82, 2.24) is 10.2 Å². The second-order valence-corrected chi connectivity index (χ2v) is 4.41. The molecule has 82 valence electrons. The summed E-state index contributed by atoms with van der Waals surface area (Å²) >= 11 is 1.48. The van der Waals surface area contributed by atoms with E-state index in [1.54, 1.807) is 0 Å². The number of benzene rings is 1. The van der Waals surface area contributed by atoms with Crippen molar-refractivity contribution in [3.8, 4) is 0 Å². The molecule has 1 heterocycles. The molecule has 1 aromatic heterocycles. The fourth-order valence-electron chi connectivity index (χ4n) is 1.46. The van der Waals surface area contributed by atoms with Crippen molar-refractivity contribution in [3.05, 3.63) is 30.0 Å². The molecule has 1 aromatic carbocycles. The fourth-order valence-corrected chi connectivity index (χ4v) is 2.34. The summed E-state index contributed by atoms with van der Waals surface area (Å²) in [6.45, 7) is 1.98. The van der Waals surface area contributed by atoms with E-state index in [9.17, 15) is 4.79 Å². The molecule has 0 aliphatic carbocycles. The third kappa shape index (κ3) is 1.86.